The molecule has 0 radical (unpaired) electrons. The molecule has 0 aliphatic heterocycles. The number of hydrogen-bond donors (Lipinski definition) is 2. The van der Waals surface area contributed by atoms with Crippen molar-refractivity contribution in [2.24, 2.45) is 5.16 Å². The zero-order chi connectivity index (χ0) is 10.0. The van der Waals surface area contributed by atoms with Gasteiger partial charge in [-0.2, -0.15) is 8.42 Å². The van der Waals surface area contributed by atoms with Crippen molar-refractivity contribution in [3.63, 3.8) is 0 Å². The highest BCUT2D eigenvalue weighted by Gasteiger charge is 1.93. The molecule has 5 nitrogen and oxygen atoms in total. The van der Waals surface area contributed by atoms with E-state index < -0.39 is 10.1 Å². The first-order chi connectivity index (χ1) is 5.47. The van der Waals surface area contributed by atoms with Crippen LogP contribution in [0.1, 0.15) is 26.7 Å². The molecule has 0 aromatic heterocycles. The number of hydrogen-bond acceptors (Lipinski definition) is 4. The Morgan fingerprint density at radius 2 is 1.83 bits per heavy atom. The largest absolute Gasteiger partial charge is 0.411 e. The van der Waals surface area contributed by atoms with E-state index in [2.05, 4.69) is 5.16 Å². The first kappa shape index (κ1) is 13.9. The third kappa shape index (κ3) is 22.8. The Labute approximate surface area is 72.8 Å². The van der Waals surface area contributed by atoms with Crippen LogP contribution in [0.2, 0.25) is 0 Å². The predicted octanol–water partition coefficient (Wildman–Crippen LogP) is 1.14. The Kier molecular flexibility index (Phi) is 9.84. The topological polar surface area (TPSA) is 87.0 Å². The fourth-order valence-corrected chi connectivity index (χ4v) is 0.187. The van der Waals surface area contributed by atoms with Crippen molar-refractivity contribution in [1.29, 1.82) is 0 Å². The van der Waals surface area contributed by atoms with Gasteiger partial charge < -0.3 is 5.21 Å². The molecule has 2 N–H and O–H groups in total. The third-order valence-electron chi connectivity index (χ3n) is 0.864. The van der Waals surface area contributed by atoms with Crippen LogP contribution in [-0.4, -0.2) is 30.1 Å². The van der Waals surface area contributed by atoms with Gasteiger partial charge in [0, 0.05) is 6.21 Å². The van der Waals surface area contributed by atoms with Crippen LogP contribution in [0.25, 0.3) is 0 Å². The number of nitrogens with zero attached hydrogens (tertiary/aromatic N) is 1. The van der Waals surface area contributed by atoms with Crippen LogP contribution in [0.4, 0.5) is 0 Å². The lowest BCUT2D eigenvalue weighted by atomic mass is 10.4. The molecule has 0 aromatic rings. The highest BCUT2D eigenvalue weighted by Crippen LogP contribution is 1.77. The fourth-order valence-electron chi connectivity index (χ4n) is 0.187. The highest BCUT2D eigenvalue weighted by atomic mass is 32.2. The van der Waals surface area contributed by atoms with E-state index in [1.807, 2.05) is 6.92 Å². The van der Waals surface area contributed by atoms with Gasteiger partial charge in [-0.3, -0.25) is 4.55 Å². The molecule has 0 aliphatic rings. The van der Waals surface area contributed by atoms with Crippen molar-refractivity contribution in [3.05, 3.63) is 0 Å². The van der Waals surface area contributed by atoms with Gasteiger partial charge in [0.1, 0.15) is 0 Å². The zero-order valence-corrected chi connectivity index (χ0v) is 8.08. The quantitative estimate of drug-likeness (QED) is 0.307. The summed E-state index contributed by atoms with van der Waals surface area (Å²) in [5.41, 5.74) is 0. The first-order valence-corrected chi connectivity index (χ1v) is 5.19. The lowest BCUT2D eigenvalue weighted by molar-refractivity contribution is 0.320. The Morgan fingerprint density at radius 3 is 1.92 bits per heavy atom. The summed E-state index contributed by atoms with van der Waals surface area (Å²) in [6, 6.07) is 0. The summed E-state index contributed by atoms with van der Waals surface area (Å²) in [7, 11) is -3.66. The first-order valence-electron chi connectivity index (χ1n) is 3.59. The van der Waals surface area contributed by atoms with Crippen LogP contribution in [-0.2, 0) is 10.1 Å². The van der Waals surface area contributed by atoms with E-state index in [0.29, 0.717) is 0 Å². The molecule has 6 heteroatoms. The second-order valence-electron chi connectivity index (χ2n) is 1.96. The van der Waals surface area contributed by atoms with Crippen LogP contribution >= 0.6 is 0 Å². The van der Waals surface area contributed by atoms with Gasteiger partial charge in [0.25, 0.3) is 10.1 Å². The maximum Gasteiger partial charge on any atom is 0.264 e. The minimum Gasteiger partial charge on any atom is -0.411 e. The van der Waals surface area contributed by atoms with Crippen LogP contribution in [0, 0.1) is 0 Å². The summed E-state index contributed by atoms with van der Waals surface area (Å²) < 4.78 is 26.9. The van der Waals surface area contributed by atoms with Crippen molar-refractivity contribution < 1.29 is 18.2 Å². The maximum absolute atomic E-state index is 9.56. The molecule has 0 heterocycles. The van der Waals surface area contributed by atoms with Gasteiger partial charge in [0.2, 0.25) is 0 Å². The second kappa shape index (κ2) is 8.48. The molecule has 0 unspecified atom stereocenters. The summed E-state index contributed by atoms with van der Waals surface area (Å²) in [5.74, 6) is -0.201. The second-order valence-corrected chi connectivity index (χ2v) is 3.70. The molecule has 12 heavy (non-hydrogen) atoms. The summed E-state index contributed by atoms with van der Waals surface area (Å²) in [6.07, 6.45) is 3.40. The average Bonchev–Trinajstić information content (AvgIpc) is 2.01. The molecular weight excluding hydrogens is 182 g/mol. The fraction of sp³-hybridized carbons (Fsp3) is 0.833. The van der Waals surface area contributed by atoms with Gasteiger partial charge >= 0.3 is 0 Å². The third-order valence-corrected chi connectivity index (χ3v) is 1.59. The SMILES string of the molecule is CCCC=NO.CCS(=O)(=O)O. The minimum atomic E-state index is -3.66. The molecule has 0 amide bonds. The van der Waals surface area contributed by atoms with E-state index in [4.69, 9.17) is 9.76 Å². The maximum atomic E-state index is 9.56. The zero-order valence-electron chi connectivity index (χ0n) is 7.27. The van der Waals surface area contributed by atoms with Crippen molar-refractivity contribution in [1.82, 2.24) is 0 Å². The van der Waals surface area contributed by atoms with E-state index in [-0.39, 0.29) is 5.75 Å². The average molecular weight is 197 g/mol. The minimum absolute atomic E-state index is 0.201. The molecule has 74 valence electrons. The molecule has 0 rings (SSSR count). The van der Waals surface area contributed by atoms with Crippen molar-refractivity contribution >= 4 is 16.3 Å². The monoisotopic (exact) mass is 197 g/mol. The molecule has 0 fully saturated rings. The summed E-state index contributed by atoms with van der Waals surface area (Å²) >= 11 is 0. The van der Waals surface area contributed by atoms with Gasteiger partial charge in [0.15, 0.2) is 0 Å². The molecular formula is C6H15NO4S. The molecule has 0 saturated carbocycles. The summed E-state index contributed by atoms with van der Waals surface area (Å²) in [4.78, 5) is 0. The van der Waals surface area contributed by atoms with E-state index in [9.17, 15) is 8.42 Å². The summed E-state index contributed by atoms with van der Waals surface area (Å²) in [6.45, 7) is 3.40. The smallest absolute Gasteiger partial charge is 0.264 e. The molecule has 0 atom stereocenters. The molecule has 0 aromatic carbocycles. The van der Waals surface area contributed by atoms with Crippen LogP contribution in [0.5, 0.6) is 0 Å². The number of oxime groups is 1. The molecule has 0 spiro atoms. The van der Waals surface area contributed by atoms with Gasteiger partial charge in [-0.15, -0.1) is 5.16 Å². The molecule has 0 bridgehead atoms. The molecule has 0 aliphatic carbocycles. The van der Waals surface area contributed by atoms with Crippen molar-refractivity contribution in [2.45, 2.75) is 26.7 Å². The van der Waals surface area contributed by atoms with Crippen LogP contribution in [0.3, 0.4) is 0 Å². The standard InChI is InChI=1S/C4H9NO.C2H6O3S/c1-2-3-4-5-6;1-2-6(3,4)5/h4,6H,2-3H2,1H3;2H2,1H3,(H,3,4,5). The van der Waals surface area contributed by atoms with Gasteiger partial charge in [-0.1, -0.05) is 13.3 Å². The van der Waals surface area contributed by atoms with Gasteiger partial charge in [0.05, 0.1) is 5.75 Å². The Morgan fingerprint density at radius 1 is 1.42 bits per heavy atom. The van der Waals surface area contributed by atoms with E-state index in [1.165, 1.54) is 13.1 Å². The Bertz CT molecular complexity index is 198. The van der Waals surface area contributed by atoms with E-state index in [1.54, 1.807) is 0 Å². The Balaban J connectivity index is 0. The van der Waals surface area contributed by atoms with Gasteiger partial charge in [-0.25, -0.2) is 0 Å². The van der Waals surface area contributed by atoms with Crippen LogP contribution < -0.4 is 0 Å². The normalized spacial score (nSPS) is 10.9. The van der Waals surface area contributed by atoms with Crippen molar-refractivity contribution in [3.8, 4) is 0 Å². The lowest BCUT2D eigenvalue weighted by Gasteiger charge is -1.79. The predicted molar refractivity (Wildman–Crippen MR) is 47.3 cm³/mol. The van der Waals surface area contributed by atoms with E-state index >= 15 is 0 Å². The van der Waals surface area contributed by atoms with E-state index in [0.717, 1.165) is 12.8 Å². The number of rotatable bonds is 3. The molecule has 0 saturated heterocycles. The lowest BCUT2D eigenvalue weighted by Crippen LogP contribution is -1.97. The summed E-state index contributed by atoms with van der Waals surface area (Å²) in [5, 5.41) is 10.6. The van der Waals surface area contributed by atoms with Crippen LogP contribution in [0.15, 0.2) is 5.16 Å². The van der Waals surface area contributed by atoms with Crippen molar-refractivity contribution in [2.75, 3.05) is 5.75 Å². The van der Waals surface area contributed by atoms with Gasteiger partial charge in [-0.05, 0) is 13.3 Å². The Hall–Kier alpha value is -0.620. The number of unbranched alkanes of at least 4 members (excludes halogenated alkanes) is 1. The highest BCUT2D eigenvalue weighted by molar-refractivity contribution is 7.85.